The lowest BCUT2D eigenvalue weighted by molar-refractivity contribution is -0.172. The number of nitrogens with one attached hydrogen (secondary N) is 6. The van der Waals surface area contributed by atoms with Gasteiger partial charge in [-0.1, -0.05) is 54.5 Å². The zero-order valence-corrected chi connectivity index (χ0v) is 56.1. The average Bonchev–Trinajstić information content (AvgIpc) is 1.64. The van der Waals surface area contributed by atoms with Crippen LogP contribution in [0.4, 0.5) is 14.9 Å². The van der Waals surface area contributed by atoms with Crippen molar-refractivity contribution in [1.29, 1.82) is 5.41 Å². The van der Waals surface area contributed by atoms with Crippen LogP contribution < -0.4 is 32.1 Å². The first-order valence-electron chi connectivity index (χ1n) is 33.5. The van der Waals surface area contributed by atoms with E-state index in [0.717, 1.165) is 17.5 Å². The van der Waals surface area contributed by atoms with Crippen LogP contribution in [0, 0.1) is 18.2 Å². The summed E-state index contributed by atoms with van der Waals surface area (Å²) in [5.74, 6) is -2.81. The normalized spacial score (nSPS) is 15.6. The number of aryl methyl sites for hydroxylation is 1. The summed E-state index contributed by atoms with van der Waals surface area (Å²) in [5.41, 5.74) is 11.3. The van der Waals surface area contributed by atoms with Crippen molar-refractivity contribution in [2.24, 2.45) is 5.11 Å². The van der Waals surface area contributed by atoms with Crippen LogP contribution in [0.15, 0.2) is 76.6 Å². The zero-order chi connectivity index (χ0) is 70.2. The van der Waals surface area contributed by atoms with E-state index in [1.807, 2.05) is 30.3 Å². The Morgan fingerprint density at radius 1 is 0.778 bits per heavy atom. The van der Waals surface area contributed by atoms with Crippen LogP contribution in [0.5, 0.6) is 0 Å². The number of alkyl carbamates (subject to hydrolysis) is 1. The first kappa shape index (κ1) is 76.2. The molecule has 99 heavy (non-hydrogen) atoms. The van der Waals surface area contributed by atoms with Crippen LogP contribution >= 0.6 is 0 Å². The number of rotatable bonds is 47. The smallest absolute Gasteiger partial charge is 0.407 e. The minimum absolute atomic E-state index is 0.0408. The van der Waals surface area contributed by atoms with Gasteiger partial charge in [0, 0.05) is 59.1 Å². The van der Waals surface area contributed by atoms with Crippen molar-refractivity contribution in [3.8, 4) is 11.4 Å². The van der Waals surface area contributed by atoms with Crippen molar-refractivity contribution in [2.45, 2.75) is 109 Å². The molecule has 3 aliphatic rings. The summed E-state index contributed by atoms with van der Waals surface area (Å²) >= 11 is 0. The zero-order valence-electron chi connectivity index (χ0n) is 56.1. The number of hydrogen-bond acceptors (Lipinski definition) is 21. The molecule has 0 bridgehead atoms. The van der Waals surface area contributed by atoms with Crippen LogP contribution in [0.2, 0.25) is 0 Å². The number of cyclic esters (lactones) is 1. The second-order valence-corrected chi connectivity index (χ2v) is 23.5. The maximum Gasteiger partial charge on any atom is 0.407 e. The number of carbonyl (C=O) groups is 5. The van der Waals surface area contributed by atoms with Crippen molar-refractivity contribution in [3.05, 3.63) is 138 Å². The Hall–Kier alpha value is -8.52. The number of unbranched alkanes of at least 4 members (excludes halogenated alkanes) is 1. The molecule has 2 aliphatic heterocycles. The van der Waals surface area contributed by atoms with E-state index in [1.165, 1.54) is 10.6 Å². The van der Waals surface area contributed by atoms with Crippen molar-refractivity contribution in [3.63, 3.8) is 0 Å². The van der Waals surface area contributed by atoms with Crippen LogP contribution in [-0.4, -0.2) is 195 Å². The molecule has 4 atom stereocenters. The predicted molar refractivity (Wildman–Crippen MR) is 359 cm³/mol. The molecule has 8 rings (SSSR count). The summed E-state index contributed by atoms with van der Waals surface area (Å²) in [6, 6.07) is 16.0. The second-order valence-electron chi connectivity index (χ2n) is 23.5. The molecule has 0 unspecified atom stereocenters. The highest BCUT2D eigenvalue weighted by molar-refractivity contribution is 5.99. The fourth-order valence-corrected chi connectivity index (χ4v) is 11.6. The Kier molecular flexibility index (Phi) is 31.2. The van der Waals surface area contributed by atoms with E-state index in [-0.39, 0.29) is 76.4 Å². The van der Waals surface area contributed by atoms with Gasteiger partial charge in [0.05, 0.1) is 160 Å². The van der Waals surface area contributed by atoms with Crippen molar-refractivity contribution < 1.29 is 85.6 Å². The summed E-state index contributed by atoms with van der Waals surface area (Å²) in [6.07, 6.45) is 2.53. The molecular weight excluding hydrogens is 1290 g/mol. The lowest BCUT2D eigenvalue weighted by Gasteiger charge is -2.31. The van der Waals surface area contributed by atoms with Crippen LogP contribution in [0.3, 0.4) is 0 Å². The van der Waals surface area contributed by atoms with E-state index >= 15 is 4.39 Å². The van der Waals surface area contributed by atoms with Gasteiger partial charge in [0.25, 0.3) is 5.56 Å². The third-order valence-electron chi connectivity index (χ3n) is 16.8. The largest absolute Gasteiger partial charge is 0.458 e. The molecule has 0 spiro atoms. The topological polar surface area (TPSA) is 375 Å². The molecule has 30 heteroatoms. The van der Waals surface area contributed by atoms with Gasteiger partial charge in [-0.3, -0.25) is 24.6 Å². The first-order chi connectivity index (χ1) is 48.2. The molecule has 0 radical (unpaired) electrons. The molecule has 536 valence electrons. The minimum Gasteiger partial charge on any atom is -0.458 e. The Morgan fingerprint density at radius 2 is 1.38 bits per heavy atom. The fraction of sp³-hybridized carbons (Fsp3) is 0.536. The molecule has 5 aromatic rings. The fourth-order valence-electron chi connectivity index (χ4n) is 11.6. The molecule has 3 aromatic carbocycles. The van der Waals surface area contributed by atoms with Crippen LogP contribution in [0.1, 0.15) is 96.0 Å². The predicted octanol–water partition coefficient (Wildman–Crippen LogP) is 5.81. The summed E-state index contributed by atoms with van der Waals surface area (Å²) < 4.78 is 77.5. The van der Waals surface area contributed by atoms with Gasteiger partial charge in [0.1, 0.15) is 31.1 Å². The van der Waals surface area contributed by atoms with Gasteiger partial charge in [-0.05, 0) is 97.0 Å². The van der Waals surface area contributed by atoms with E-state index in [2.05, 4.69) is 36.6 Å². The first-order valence-corrected chi connectivity index (χ1v) is 33.5. The molecule has 0 saturated heterocycles. The third kappa shape index (κ3) is 22.5. The number of esters is 1. The van der Waals surface area contributed by atoms with E-state index in [1.54, 1.807) is 44.2 Å². The summed E-state index contributed by atoms with van der Waals surface area (Å²) in [6.45, 7) is 10.4. The second kappa shape index (κ2) is 40.5. The van der Waals surface area contributed by atoms with Gasteiger partial charge in [0.15, 0.2) is 5.60 Å². The molecule has 0 fully saturated rings. The number of anilines is 1. The maximum absolute atomic E-state index is 15.5. The Balaban J connectivity index is 0.740. The van der Waals surface area contributed by atoms with E-state index in [9.17, 15) is 33.9 Å². The van der Waals surface area contributed by atoms with Gasteiger partial charge in [0.2, 0.25) is 17.7 Å². The number of carbonyl (C=O) groups excluding carboxylic acids is 5. The lowest BCUT2D eigenvalue weighted by Crippen LogP contribution is -2.53. The van der Waals surface area contributed by atoms with Crippen LogP contribution in [0.25, 0.3) is 32.7 Å². The van der Waals surface area contributed by atoms with Gasteiger partial charge in [-0.15, -0.1) is 0 Å². The van der Waals surface area contributed by atoms with Gasteiger partial charge in [-0.25, -0.2) is 19.0 Å². The van der Waals surface area contributed by atoms with Gasteiger partial charge >= 0.3 is 12.1 Å². The monoisotopic (exact) mass is 1380 g/mol. The SMILES string of the molecule is CC[C@@]1(O)C(=O)OCc2c1cc1n(c2=O)Cc2c-1nc1cc(F)c(C)c3c1c2[C@@H](NC(=O)OCc1ccc(NC(=O)[C@H](CCCCNC=N)NC(=O)[C@H](Cc2ccccc2)NC(=O)CCOCCOCCOCCOCCOCCOCCOCCOCCOCCN=[N+]=[N-])cc1)CC3. The Labute approximate surface area is 572 Å². The summed E-state index contributed by atoms with van der Waals surface area (Å²) in [5, 5.41) is 37.3. The number of azide groups is 1. The van der Waals surface area contributed by atoms with Crippen molar-refractivity contribution >= 4 is 52.7 Å². The van der Waals surface area contributed by atoms with Crippen LogP contribution in [-0.2, 0) is 109 Å². The molecule has 4 amide bonds. The molecule has 29 nitrogen and oxygen atoms in total. The lowest BCUT2D eigenvalue weighted by atomic mass is 9.81. The number of benzene rings is 3. The van der Waals surface area contributed by atoms with E-state index < -0.39 is 64.9 Å². The van der Waals surface area contributed by atoms with E-state index in [4.69, 9.17) is 68.0 Å². The Bertz CT molecular complexity index is 3600. The number of amides is 4. The molecule has 0 saturated carbocycles. The average molecular weight is 1380 g/mol. The minimum atomic E-state index is -2.05. The van der Waals surface area contributed by atoms with Gasteiger partial charge in [-0.2, -0.15) is 0 Å². The number of pyridine rings is 2. The standard InChI is InChI=1S/C69H90FN11O18/c1-3-69(88)53-40-59-63-51(42-81(59)66(85)52(53)44-98-67(69)86)62-55(17-16-50-46(2)54(70)41-57(77-63)61(50)62)79-68(87)99-43-48-12-14-49(15-13-48)75-64(83)56(11-7-8-19-73-45-71)78-65(84)58(39-47-9-5-4-6-10-47)76-60(82)18-21-89-23-25-91-27-29-93-31-33-95-35-37-97-38-36-96-34-32-94-30-28-92-26-24-90-22-20-74-80-72/h4-6,9-10,12-15,40-41,45,55-56,58,88H,3,7-8,11,16-39,42-44H2,1-2H3,(H2,71,73)(H,75,83)(H,76,82)(H,78,84)(H,79,87)/t55-,56-,58-,69-/m0/s1. The van der Waals surface area contributed by atoms with E-state index in [0.29, 0.717) is 188 Å². The number of fused-ring (bicyclic) bond motifs is 5. The highest BCUT2D eigenvalue weighted by atomic mass is 19.1. The number of hydrogen-bond donors (Lipinski definition) is 7. The maximum atomic E-state index is 15.5. The number of ether oxygens (including phenoxy) is 11. The number of aliphatic hydroxyl groups is 1. The summed E-state index contributed by atoms with van der Waals surface area (Å²) in [4.78, 5) is 89.9. The molecular formula is C69H90FN11O18. The van der Waals surface area contributed by atoms with Crippen molar-refractivity contribution in [1.82, 2.24) is 30.8 Å². The number of halogens is 1. The quantitative estimate of drug-likeness (QED) is 0.00451. The Morgan fingerprint density at radius 3 is 1.98 bits per heavy atom. The highest BCUT2D eigenvalue weighted by Crippen LogP contribution is 2.46. The third-order valence-corrected chi connectivity index (χ3v) is 16.8. The summed E-state index contributed by atoms with van der Waals surface area (Å²) in [7, 11) is 0. The molecule has 7 N–H and O–H groups in total. The van der Waals surface area contributed by atoms with Gasteiger partial charge < -0.3 is 88.4 Å². The molecule has 4 heterocycles. The van der Waals surface area contributed by atoms with Crippen molar-refractivity contribution in [2.75, 3.05) is 137 Å². The number of aromatic nitrogens is 2. The molecule has 1 aliphatic carbocycles. The highest BCUT2D eigenvalue weighted by Gasteiger charge is 2.46. The number of nitrogens with zero attached hydrogens (tertiary/aromatic N) is 5. The molecule has 2 aromatic heterocycles.